The molecule has 0 aromatic heterocycles. The van der Waals surface area contributed by atoms with Crippen LogP contribution in [0.1, 0.15) is 43.7 Å². The van der Waals surface area contributed by atoms with Crippen LogP contribution < -0.4 is 19.5 Å². The molecule has 3 N–H and O–H groups in total. The molecule has 1 heterocycles. The summed E-state index contributed by atoms with van der Waals surface area (Å²) >= 11 is 0. The molecule has 1 aliphatic carbocycles. The van der Waals surface area contributed by atoms with Gasteiger partial charge in [0.15, 0.2) is 11.5 Å². The van der Waals surface area contributed by atoms with Gasteiger partial charge in [0, 0.05) is 18.4 Å². The lowest BCUT2D eigenvalue weighted by atomic mass is 9.66. The summed E-state index contributed by atoms with van der Waals surface area (Å²) in [6, 6.07) is 4.10. The lowest BCUT2D eigenvalue weighted by molar-refractivity contribution is -0.719. The molecule has 0 amide bonds. The van der Waals surface area contributed by atoms with Gasteiger partial charge in [-0.05, 0) is 18.9 Å². The van der Waals surface area contributed by atoms with Gasteiger partial charge >= 0.3 is 0 Å². The van der Waals surface area contributed by atoms with Crippen molar-refractivity contribution in [3.05, 3.63) is 17.7 Å². The van der Waals surface area contributed by atoms with Crippen LogP contribution in [0.2, 0.25) is 0 Å². The van der Waals surface area contributed by atoms with Gasteiger partial charge in [0.05, 0.1) is 39.0 Å². The summed E-state index contributed by atoms with van der Waals surface area (Å²) in [6.07, 6.45) is 5.17. The molecule has 1 aromatic rings. The van der Waals surface area contributed by atoms with Gasteiger partial charge in [-0.1, -0.05) is 12.8 Å². The fraction of sp³-hybridized carbons (Fsp3) is 0.667. The zero-order valence-corrected chi connectivity index (χ0v) is 14.3. The van der Waals surface area contributed by atoms with Crippen molar-refractivity contribution in [2.24, 2.45) is 5.92 Å². The summed E-state index contributed by atoms with van der Waals surface area (Å²) in [5.74, 6) is 2.44. The van der Waals surface area contributed by atoms with Crippen LogP contribution >= 0.6 is 0 Å². The van der Waals surface area contributed by atoms with E-state index in [-0.39, 0.29) is 12.0 Å². The van der Waals surface area contributed by atoms with Crippen molar-refractivity contribution in [3.8, 4) is 17.2 Å². The lowest BCUT2D eigenvalue weighted by Crippen LogP contribution is -2.91. The quantitative estimate of drug-likeness (QED) is 0.884. The first kappa shape index (κ1) is 16.4. The Balaban J connectivity index is 2.02. The maximum absolute atomic E-state index is 11.1. The van der Waals surface area contributed by atoms with Gasteiger partial charge in [0.1, 0.15) is 11.8 Å². The second kappa shape index (κ2) is 6.57. The topological polar surface area (TPSA) is 64.5 Å². The molecule has 0 radical (unpaired) electrons. The monoisotopic (exact) mass is 322 g/mol. The Morgan fingerprint density at radius 1 is 1.00 bits per heavy atom. The number of benzene rings is 1. The van der Waals surface area contributed by atoms with Gasteiger partial charge < -0.3 is 24.6 Å². The van der Waals surface area contributed by atoms with Crippen LogP contribution in [0.25, 0.3) is 0 Å². The average molecular weight is 322 g/mol. The molecule has 1 aliphatic heterocycles. The smallest absolute Gasteiger partial charge is 0.164 e. The number of quaternary nitrogens is 1. The molecule has 0 unspecified atom stereocenters. The SMILES string of the molecule is COc1cc(OC)c([C@H]2[NH2+]CC[C@@]3(O)CCCC[C@@H]23)cc1OC. The fourth-order valence-electron chi connectivity index (χ4n) is 4.41. The molecule has 2 aliphatic rings. The zero-order chi connectivity index (χ0) is 16.4. The van der Waals surface area contributed by atoms with Crippen molar-refractivity contribution >= 4 is 0 Å². The second-order valence-corrected chi connectivity index (χ2v) is 6.71. The maximum Gasteiger partial charge on any atom is 0.164 e. The number of nitrogens with two attached hydrogens (primary N) is 1. The number of methoxy groups -OCH3 is 3. The first-order valence-corrected chi connectivity index (χ1v) is 8.48. The van der Waals surface area contributed by atoms with Crippen LogP contribution in [0.15, 0.2) is 12.1 Å². The lowest BCUT2D eigenvalue weighted by Gasteiger charge is -2.46. The molecule has 1 saturated carbocycles. The van der Waals surface area contributed by atoms with E-state index in [4.69, 9.17) is 14.2 Å². The normalized spacial score (nSPS) is 30.4. The number of ether oxygens (including phenoxy) is 3. The minimum Gasteiger partial charge on any atom is -0.496 e. The Morgan fingerprint density at radius 3 is 2.39 bits per heavy atom. The van der Waals surface area contributed by atoms with E-state index in [1.165, 1.54) is 6.42 Å². The van der Waals surface area contributed by atoms with Crippen LogP contribution in [0, 0.1) is 5.92 Å². The zero-order valence-electron chi connectivity index (χ0n) is 14.3. The molecule has 3 atom stereocenters. The molecule has 128 valence electrons. The summed E-state index contributed by atoms with van der Waals surface area (Å²) < 4.78 is 16.5. The predicted molar refractivity (Wildman–Crippen MR) is 87.2 cm³/mol. The Bertz CT molecular complexity index is 558. The highest BCUT2D eigenvalue weighted by molar-refractivity contribution is 5.51. The van der Waals surface area contributed by atoms with Gasteiger partial charge in [0.25, 0.3) is 0 Å². The van der Waals surface area contributed by atoms with Gasteiger partial charge in [-0.3, -0.25) is 0 Å². The van der Waals surface area contributed by atoms with Crippen LogP contribution in [-0.2, 0) is 0 Å². The van der Waals surface area contributed by atoms with Crippen molar-refractivity contribution < 1.29 is 24.6 Å². The summed E-state index contributed by atoms with van der Waals surface area (Å²) in [7, 11) is 4.96. The van der Waals surface area contributed by atoms with E-state index in [9.17, 15) is 5.11 Å². The predicted octanol–water partition coefficient (Wildman–Crippen LogP) is 1.64. The van der Waals surface area contributed by atoms with E-state index in [1.54, 1.807) is 21.3 Å². The second-order valence-electron chi connectivity index (χ2n) is 6.71. The Labute approximate surface area is 137 Å². The third-order valence-electron chi connectivity index (χ3n) is 5.59. The van der Waals surface area contributed by atoms with Crippen molar-refractivity contribution in [2.75, 3.05) is 27.9 Å². The minimum atomic E-state index is -0.532. The summed E-state index contributed by atoms with van der Waals surface area (Å²) in [5, 5.41) is 13.4. The van der Waals surface area contributed by atoms with Crippen molar-refractivity contribution in [1.82, 2.24) is 0 Å². The van der Waals surface area contributed by atoms with E-state index in [2.05, 4.69) is 5.32 Å². The van der Waals surface area contributed by atoms with Crippen LogP contribution in [0.4, 0.5) is 0 Å². The Morgan fingerprint density at radius 2 is 1.70 bits per heavy atom. The molecular formula is C18H28NO4+. The van der Waals surface area contributed by atoms with Crippen LogP contribution in [0.3, 0.4) is 0 Å². The maximum atomic E-state index is 11.1. The number of aliphatic hydroxyl groups is 1. The first-order valence-electron chi connectivity index (χ1n) is 8.48. The van der Waals surface area contributed by atoms with E-state index in [1.807, 2.05) is 12.1 Å². The van der Waals surface area contributed by atoms with Crippen LogP contribution in [0.5, 0.6) is 17.2 Å². The number of rotatable bonds is 4. The van der Waals surface area contributed by atoms with Crippen LogP contribution in [-0.4, -0.2) is 38.6 Å². The average Bonchev–Trinajstić information content (AvgIpc) is 2.59. The standard InChI is InChI=1S/C18H27NO4/c1-21-14-11-16(23-3)15(22-2)10-12(14)17-13-6-4-5-7-18(13,20)8-9-19-17/h10-11,13,17,19-20H,4-9H2,1-3H3/p+1/t13-,17+,18-/m0/s1. The Hall–Kier alpha value is -1.46. The van der Waals surface area contributed by atoms with Crippen molar-refractivity contribution in [2.45, 2.75) is 43.7 Å². The summed E-state index contributed by atoms with van der Waals surface area (Å²) in [6.45, 7) is 0.940. The van der Waals surface area contributed by atoms with Crippen molar-refractivity contribution in [1.29, 1.82) is 0 Å². The third kappa shape index (κ3) is 2.88. The van der Waals surface area contributed by atoms with E-state index in [0.717, 1.165) is 43.5 Å². The highest BCUT2D eigenvalue weighted by Crippen LogP contribution is 2.46. The van der Waals surface area contributed by atoms with Gasteiger partial charge in [-0.2, -0.15) is 0 Å². The van der Waals surface area contributed by atoms with Gasteiger partial charge in [-0.15, -0.1) is 0 Å². The largest absolute Gasteiger partial charge is 0.496 e. The van der Waals surface area contributed by atoms with E-state index < -0.39 is 5.60 Å². The molecule has 5 heteroatoms. The molecule has 3 rings (SSSR count). The van der Waals surface area contributed by atoms with Gasteiger partial charge in [-0.25, -0.2) is 0 Å². The van der Waals surface area contributed by atoms with Crippen molar-refractivity contribution in [3.63, 3.8) is 0 Å². The summed E-state index contributed by atoms with van der Waals surface area (Å²) in [4.78, 5) is 0. The molecular weight excluding hydrogens is 294 g/mol. The highest BCUT2D eigenvalue weighted by atomic mass is 16.5. The minimum absolute atomic E-state index is 0.198. The molecule has 5 nitrogen and oxygen atoms in total. The number of piperidine rings is 1. The Kier molecular flexibility index (Phi) is 4.69. The van der Waals surface area contributed by atoms with E-state index >= 15 is 0 Å². The highest BCUT2D eigenvalue weighted by Gasteiger charge is 2.49. The van der Waals surface area contributed by atoms with E-state index in [0.29, 0.717) is 11.5 Å². The first-order chi connectivity index (χ1) is 11.1. The number of hydrogen-bond donors (Lipinski definition) is 2. The van der Waals surface area contributed by atoms with Gasteiger partial charge in [0.2, 0.25) is 0 Å². The number of hydrogen-bond acceptors (Lipinski definition) is 4. The third-order valence-corrected chi connectivity index (χ3v) is 5.59. The summed E-state index contributed by atoms with van der Waals surface area (Å²) in [5.41, 5.74) is 0.561. The molecule has 1 aromatic carbocycles. The molecule has 1 saturated heterocycles. The number of fused-ring (bicyclic) bond motifs is 1. The fourth-order valence-corrected chi connectivity index (χ4v) is 4.41. The molecule has 2 fully saturated rings. The molecule has 0 spiro atoms. The molecule has 23 heavy (non-hydrogen) atoms. The molecule has 0 bridgehead atoms.